The van der Waals surface area contributed by atoms with Gasteiger partial charge in [0.1, 0.15) is 10.7 Å². The fourth-order valence-electron chi connectivity index (χ4n) is 3.26. The Kier molecular flexibility index (Phi) is 4.94. The van der Waals surface area contributed by atoms with Crippen LogP contribution in [0.1, 0.15) is 46.9 Å². The van der Waals surface area contributed by atoms with Gasteiger partial charge in [0.25, 0.3) is 11.1 Å². The molecule has 0 saturated carbocycles. The van der Waals surface area contributed by atoms with Gasteiger partial charge in [-0.1, -0.05) is 11.3 Å². The maximum atomic E-state index is 12.7. The summed E-state index contributed by atoms with van der Waals surface area (Å²) in [5, 5.41) is 4.91. The molecular weight excluding hydrogens is 342 g/mol. The highest BCUT2D eigenvalue weighted by Gasteiger charge is 2.30. The number of piperidine rings is 1. The van der Waals surface area contributed by atoms with E-state index in [0.29, 0.717) is 35.4 Å². The molecule has 1 aliphatic heterocycles. The van der Waals surface area contributed by atoms with Gasteiger partial charge in [-0.25, -0.2) is 14.5 Å². The van der Waals surface area contributed by atoms with E-state index < -0.39 is 0 Å². The molecule has 25 heavy (non-hydrogen) atoms. The van der Waals surface area contributed by atoms with Crippen LogP contribution in [0.25, 0.3) is 0 Å². The molecule has 0 atom stereocenters. The monoisotopic (exact) mass is 365 g/mol. The summed E-state index contributed by atoms with van der Waals surface area (Å²) in [6, 6.07) is 0. The van der Waals surface area contributed by atoms with Crippen molar-refractivity contribution >= 4 is 17.2 Å². The first-order chi connectivity index (χ1) is 12.0. The molecule has 1 saturated heterocycles. The fourth-order valence-corrected chi connectivity index (χ4v) is 4.11. The van der Waals surface area contributed by atoms with Gasteiger partial charge in [-0.3, -0.25) is 9.36 Å². The summed E-state index contributed by atoms with van der Waals surface area (Å²) in [7, 11) is 3.23. The fraction of sp³-hybridized carbons (Fsp3) is 0.625. The number of rotatable bonds is 4. The van der Waals surface area contributed by atoms with Crippen molar-refractivity contribution in [2.45, 2.75) is 39.2 Å². The third-order valence-electron chi connectivity index (χ3n) is 4.65. The highest BCUT2D eigenvalue weighted by Crippen LogP contribution is 2.30. The zero-order chi connectivity index (χ0) is 18.1. The first kappa shape index (κ1) is 17.7. The molecule has 0 unspecified atom stereocenters. The van der Waals surface area contributed by atoms with Crippen LogP contribution in [0, 0.1) is 6.92 Å². The minimum Gasteiger partial charge on any atom is -0.473 e. The van der Waals surface area contributed by atoms with Crippen LogP contribution >= 0.6 is 11.3 Å². The van der Waals surface area contributed by atoms with Crippen molar-refractivity contribution in [3.05, 3.63) is 26.9 Å². The molecule has 0 spiro atoms. The first-order valence-corrected chi connectivity index (χ1v) is 9.22. The Morgan fingerprint density at radius 1 is 1.36 bits per heavy atom. The number of carbonyl (C=O) groups is 1. The topological polar surface area (TPSA) is 82.2 Å². The summed E-state index contributed by atoms with van der Waals surface area (Å²) in [6.07, 6.45) is 1.61. The second-order valence-electron chi connectivity index (χ2n) is 6.17. The number of thiazole rings is 1. The molecule has 1 aliphatic rings. The molecule has 0 aliphatic carbocycles. The Balaban J connectivity index is 1.71. The van der Waals surface area contributed by atoms with E-state index in [1.807, 2.05) is 18.7 Å². The van der Waals surface area contributed by atoms with Crippen LogP contribution in [0.15, 0.2) is 4.79 Å². The van der Waals surface area contributed by atoms with Crippen LogP contribution in [-0.4, -0.2) is 50.3 Å². The van der Waals surface area contributed by atoms with E-state index in [0.717, 1.165) is 18.7 Å². The predicted molar refractivity (Wildman–Crippen MR) is 94.4 cm³/mol. The summed E-state index contributed by atoms with van der Waals surface area (Å²) in [5.41, 5.74) is 0.627. The zero-order valence-corrected chi connectivity index (χ0v) is 15.8. The summed E-state index contributed by atoms with van der Waals surface area (Å²) < 4.78 is 8.24. The van der Waals surface area contributed by atoms with Gasteiger partial charge >= 0.3 is 5.69 Å². The quantitative estimate of drug-likeness (QED) is 0.818. The molecule has 136 valence electrons. The van der Waals surface area contributed by atoms with Crippen molar-refractivity contribution < 1.29 is 9.53 Å². The SMILES string of the molecule is CCn1c(C2CCN(C(=O)c3sc(OC)nc3C)CC2)nn(C)c1=O. The van der Waals surface area contributed by atoms with Gasteiger partial charge in [-0.05, 0) is 26.7 Å². The molecule has 8 nitrogen and oxygen atoms in total. The normalized spacial score (nSPS) is 15.6. The van der Waals surface area contributed by atoms with Gasteiger partial charge in [0, 0.05) is 32.6 Å². The third kappa shape index (κ3) is 3.20. The van der Waals surface area contributed by atoms with E-state index in [2.05, 4.69) is 10.1 Å². The highest BCUT2D eigenvalue weighted by molar-refractivity contribution is 7.15. The van der Waals surface area contributed by atoms with Crippen LogP contribution in [-0.2, 0) is 13.6 Å². The van der Waals surface area contributed by atoms with Gasteiger partial charge in [0.15, 0.2) is 0 Å². The van der Waals surface area contributed by atoms with Crippen LogP contribution in [0.2, 0.25) is 0 Å². The maximum absolute atomic E-state index is 12.7. The third-order valence-corrected chi connectivity index (χ3v) is 5.75. The van der Waals surface area contributed by atoms with Gasteiger partial charge in [0.05, 0.1) is 12.8 Å². The lowest BCUT2D eigenvalue weighted by Crippen LogP contribution is -2.38. The first-order valence-electron chi connectivity index (χ1n) is 8.40. The molecule has 3 heterocycles. The van der Waals surface area contributed by atoms with Gasteiger partial charge < -0.3 is 9.64 Å². The molecule has 9 heteroatoms. The van der Waals surface area contributed by atoms with Crippen molar-refractivity contribution in [1.29, 1.82) is 0 Å². The standard InChI is InChI=1S/C16H23N5O3S/c1-5-21-13(18-19(3)16(21)23)11-6-8-20(9-7-11)14(22)12-10(2)17-15(24-4)25-12/h11H,5-9H2,1-4H3. The second-order valence-corrected chi connectivity index (χ2v) is 7.14. The molecule has 0 aromatic carbocycles. The minimum atomic E-state index is -0.0802. The number of aromatic nitrogens is 4. The van der Waals surface area contributed by atoms with E-state index in [-0.39, 0.29) is 17.5 Å². The number of amides is 1. The number of nitrogens with zero attached hydrogens (tertiary/aromatic N) is 5. The average molecular weight is 365 g/mol. The van der Waals surface area contributed by atoms with E-state index >= 15 is 0 Å². The number of carbonyl (C=O) groups excluding carboxylic acids is 1. The molecule has 1 fully saturated rings. The van der Waals surface area contributed by atoms with E-state index in [9.17, 15) is 9.59 Å². The molecule has 1 amide bonds. The van der Waals surface area contributed by atoms with Gasteiger partial charge in [0.2, 0.25) is 0 Å². The number of ether oxygens (including phenoxy) is 1. The van der Waals surface area contributed by atoms with Crippen LogP contribution < -0.4 is 10.4 Å². The molecule has 3 rings (SSSR count). The molecule has 2 aromatic heterocycles. The number of hydrogen-bond acceptors (Lipinski definition) is 6. The predicted octanol–water partition coefficient (Wildman–Crippen LogP) is 1.40. The lowest BCUT2D eigenvalue weighted by molar-refractivity contribution is 0.0714. The minimum absolute atomic E-state index is 0.00523. The van der Waals surface area contributed by atoms with Gasteiger partial charge in [-0.2, -0.15) is 5.10 Å². The van der Waals surface area contributed by atoms with Crippen molar-refractivity contribution in [3.63, 3.8) is 0 Å². The number of hydrogen-bond donors (Lipinski definition) is 0. The Morgan fingerprint density at radius 3 is 2.60 bits per heavy atom. The maximum Gasteiger partial charge on any atom is 0.345 e. The number of methoxy groups -OCH3 is 1. The van der Waals surface area contributed by atoms with E-state index in [1.165, 1.54) is 16.0 Å². The molecule has 0 N–H and O–H groups in total. The average Bonchev–Trinajstić information content (AvgIpc) is 3.14. The van der Waals surface area contributed by atoms with Crippen LogP contribution in [0.4, 0.5) is 0 Å². The lowest BCUT2D eigenvalue weighted by atomic mass is 9.95. The highest BCUT2D eigenvalue weighted by atomic mass is 32.1. The van der Waals surface area contributed by atoms with Crippen molar-refractivity contribution in [2.24, 2.45) is 7.05 Å². The van der Waals surface area contributed by atoms with Crippen molar-refractivity contribution in [3.8, 4) is 5.19 Å². The number of likely N-dealkylation sites (tertiary alicyclic amines) is 1. The van der Waals surface area contributed by atoms with Crippen molar-refractivity contribution in [2.75, 3.05) is 20.2 Å². The Morgan fingerprint density at radius 2 is 2.04 bits per heavy atom. The smallest absolute Gasteiger partial charge is 0.345 e. The summed E-state index contributed by atoms with van der Waals surface area (Å²) in [5.74, 6) is 1.04. The van der Waals surface area contributed by atoms with Gasteiger partial charge in [-0.15, -0.1) is 0 Å². The van der Waals surface area contributed by atoms with Crippen LogP contribution in [0.3, 0.4) is 0 Å². The molecule has 0 radical (unpaired) electrons. The number of aryl methyl sites for hydroxylation is 2. The second kappa shape index (κ2) is 6.99. The molecule has 0 bridgehead atoms. The largest absolute Gasteiger partial charge is 0.473 e. The Hall–Kier alpha value is -2.16. The molecular formula is C16H23N5O3S. The summed E-state index contributed by atoms with van der Waals surface area (Å²) >= 11 is 1.28. The zero-order valence-electron chi connectivity index (χ0n) is 15.0. The van der Waals surface area contributed by atoms with Crippen LogP contribution in [0.5, 0.6) is 5.19 Å². The van der Waals surface area contributed by atoms with E-state index in [1.54, 1.807) is 18.7 Å². The van der Waals surface area contributed by atoms with Crippen molar-refractivity contribution in [1.82, 2.24) is 24.2 Å². The lowest BCUT2D eigenvalue weighted by Gasteiger charge is -2.31. The summed E-state index contributed by atoms with van der Waals surface area (Å²) in [6.45, 7) is 5.69. The Labute approximate surface area is 150 Å². The Bertz CT molecular complexity index is 829. The summed E-state index contributed by atoms with van der Waals surface area (Å²) in [4.78, 5) is 31.5. The van der Waals surface area contributed by atoms with E-state index in [4.69, 9.17) is 4.74 Å². The molecule has 2 aromatic rings.